The van der Waals surface area contributed by atoms with E-state index in [-0.39, 0.29) is 17.6 Å². The molecule has 0 aliphatic heterocycles. The molecule has 0 bridgehead atoms. The number of carbonyl (C=O) groups excluding carboxylic acids is 1. The summed E-state index contributed by atoms with van der Waals surface area (Å²) in [4.78, 5) is 22.1. The number of hydrogen-bond acceptors (Lipinski definition) is 3. The van der Waals surface area contributed by atoms with Crippen molar-refractivity contribution < 1.29 is 14.7 Å². The van der Waals surface area contributed by atoms with Gasteiger partial charge in [0.15, 0.2) is 0 Å². The van der Waals surface area contributed by atoms with E-state index in [1.807, 2.05) is 6.92 Å². The Bertz CT molecular complexity index is 453. The molecule has 0 heterocycles. The van der Waals surface area contributed by atoms with Gasteiger partial charge in [0, 0.05) is 28.1 Å². The minimum absolute atomic E-state index is 0.0106. The molecule has 1 unspecified atom stereocenters. The molecule has 0 spiro atoms. The zero-order valence-corrected chi connectivity index (χ0v) is 12.1. The summed E-state index contributed by atoms with van der Waals surface area (Å²) in [5.41, 5.74) is 0.668. The number of anilines is 1. The van der Waals surface area contributed by atoms with Gasteiger partial charge in [-0.2, -0.15) is 11.8 Å². The molecule has 0 saturated heterocycles. The predicted molar refractivity (Wildman–Crippen MR) is 78.9 cm³/mol. The number of aliphatic carboxylic acids is 1. The summed E-state index contributed by atoms with van der Waals surface area (Å²) in [5, 5.41) is 11.9. The van der Waals surface area contributed by atoms with Crippen LogP contribution in [-0.2, 0) is 9.59 Å². The van der Waals surface area contributed by atoms with Gasteiger partial charge in [0.05, 0.1) is 6.42 Å². The second-order valence-electron chi connectivity index (χ2n) is 4.09. The van der Waals surface area contributed by atoms with Gasteiger partial charge in [-0.1, -0.05) is 24.6 Å². The summed E-state index contributed by atoms with van der Waals surface area (Å²) in [5.74, 6) is -0.318. The lowest BCUT2D eigenvalue weighted by molar-refractivity contribution is -0.136. The third-order valence-corrected chi connectivity index (χ3v) is 3.71. The van der Waals surface area contributed by atoms with Crippen LogP contribution in [0.3, 0.4) is 0 Å². The molecule has 4 nitrogen and oxygen atoms in total. The molecule has 0 aliphatic rings. The molecule has 2 N–H and O–H groups in total. The third-order valence-electron chi connectivity index (χ3n) is 2.30. The van der Waals surface area contributed by atoms with Crippen LogP contribution in [0.2, 0.25) is 5.02 Å². The van der Waals surface area contributed by atoms with Gasteiger partial charge in [-0.05, 0) is 18.2 Å². The van der Waals surface area contributed by atoms with Crippen molar-refractivity contribution in [2.24, 2.45) is 0 Å². The summed E-state index contributed by atoms with van der Waals surface area (Å²) in [6, 6.07) is 6.95. The molecule has 1 amide bonds. The van der Waals surface area contributed by atoms with Crippen molar-refractivity contribution >= 4 is 40.9 Å². The Morgan fingerprint density at radius 3 is 2.84 bits per heavy atom. The van der Waals surface area contributed by atoms with Crippen LogP contribution in [-0.4, -0.2) is 28.0 Å². The molecule has 0 fully saturated rings. The van der Waals surface area contributed by atoms with E-state index in [4.69, 9.17) is 16.7 Å². The van der Waals surface area contributed by atoms with Crippen LogP contribution < -0.4 is 5.32 Å². The highest BCUT2D eigenvalue weighted by Crippen LogP contribution is 2.17. The van der Waals surface area contributed by atoms with E-state index >= 15 is 0 Å². The highest BCUT2D eigenvalue weighted by atomic mass is 35.5. The predicted octanol–water partition coefficient (Wildman–Crippen LogP) is 3.27. The van der Waals surface area contributed by atoms with Crippen molar-refractivity contribution in [1.82, 2.24) is 0 Å². The second-order valence-corrected chi connectivity index (χ2v) is 6.07. The largest absolute Gasteiger partial charge is 0.481 e. The fraction of sp³-hybridized carbons (Fsp3) is 0.385. The van der Waals surface area contributed by atoms with Crippen LogP contribution >= 0.6 is 23.4 Å². The first-order chi connectivity index (χ1) is 8.97. The average molecular weight is 302 g/mol. The van der Waals surface area contributed by atoms with Gasteiger partial charge in [-0.25, -0.2) is 0 Å². The molecule has 1 aromatic carbocycles. The molecule has 1 aromatic rings. The summed E-state index contributed by atoms with van der Waals surface area (Å²) in [7, 11) is 0. The van der Waals surface area contributed by atoms with E-state index in [1.54, 1.807) is 24.3 Å². The van der Waals surface area contributed by atoms with E-state index in [9.17, 15) is 9.59 Å². The Morgan fingerprint density at radius 2 is 2.21 bits per heavy atom. The first-order valence-corrected chi connectivity index (χ1v) is 7.29. The fourth-order valence-electron chi connectivity index (χ4n) is 1.45. The Balaban J connectivity index is 2.27. The Hall–Kier alpha value is -1.20. The van der Waals surface area contributed by atoms with Crippen molar-refractivity contribution in [3.05, 3.63) is 29.3 Å². The first kappa shape index (κ1) is 15.9. The van der Waals surface area contributed by atoms with Crippen molar-refractivity contribution in [2.75, 3.05) is 11.1 Å². The zero-order chi connectivity index (χ0) is 14.3. The van der Waals surface area contributed by atoms with Gasteiger partial charge in [0.1, 0.15) is 0 Å². The van der Waals surface area contributed by atoms with Crippen LogP contribution in [0, 0.1) is 0 Å². The van der Waals surface area contributed by atoms with Crippen molar-refractivity contribution in [3.63, 3.8) is 0 Å². The van der Waals surface area contributed by atoms with Crippen LogP contribution in [0.15, 0.2) is 24.3 Å². The second kappa shape index (κ2) is 8.07. The maximum Gasteiger partial charge on any atom is 0.304 e. The van der Waals surface area contributed by atoms with E-state index in [0.717, 1.165) is 0 Å². The molecule has 6 heteroatoms. The van der Waals surface area contributed by atoms with Crippen LogP contribution in [0.1, 0.15) is 19.8 Å². The zero-order valence-electron chi connectivity index (χ0n) is 10.6. The van der Waals surface area contributed by atoms with E-state index in [2.05, 4.69) is 5.32 Å². The number of benzene rings is 1. The van der Waals surface area contributed by atoms with Gasteiger partial charge in [0.25, 0.3) is 0 Å². The van der Waals surface area contributed by atoms with E-state index < -0.39 is 5.97 Å². The van der Waals surface area contributed by atoms with Gasteiger partial charge in [-0.3, -0.25) is 9.59 Å². The quantitative estimate of drug-likeness (QED) is 0.811. The maximum absolute atomic E-state index is 11.6. The number of amides is 1. The van der Waals surface area contributed by atoms with Gasteiger partial charge in [0.2, 0.25) is 5.91 Å². The first-order valence-electron chi connectivity index (χ1n) is 5.86. The topological polar surface area (TPSA) is 66.4 Å². The number of carboxylic acid groups (broad SMARTS) is 1. The lowest BCUT2D eigenvalue weighted by Crippen LogP contribution is -2.13. The molecule has 1 rings (SSSR count). The Labute approximate surface area is 121 Å². The molecule has 0 aliphatic carbocycles. The highest BCUT2D eigenvalue weighted by molar-refractivity contribution is 7.99. The van der Waals surface area contributed by atoms with Crippen molar-refractivity contribution in [1.29, 1.82) is 0 Å². The van der Waals surface area contributed by atoms with Gasteiger partial charge >= 0.3 is 5.97 Å². The monoisotopic (exact) mass is 301 g/mol. The third kappa shape index (κ3) is 7.08. The van der Waals surface area contributed by atoms with E-state index in [1.165, 1.54) is 11.8 Å². The molecule has 0 aromatic heterocycles. The summed E-state index contributed by atoms with van der Waals surface area (Å²) >= 11 is 7.29. The number of hydrogen-bond donors (Lipinski definition) is 2. The number of nitrogens with one attached hydrogen (secondary N) is 1. The van der Waals surface area contributed by atoms with Gasteiger partial charge in [-0.15, -0.1) is 0 Å². The Morgan fingerprint density at radius 1 is 1.47 bits per heavy atom. The van der Waals surface area contributed by atoms with Crippen molar-refractivity contribution in [3.8, 4) is 0 Å². The standard InChI is InChI=1S/C13H16ClNO3S/c1-9(7-13(17)18)19-6-5-12(16)15-11-4-2-3-10(14)8-11/h2-4,8-9H,5-7H2,1H3,(H,15,16)(H,17,18). The van der Waals surface area contributed by atoms with E-state index in [0.29, 0.717) is 22.9 Å². The molecule has 0 saturated carbocycles. The molecule has 1 atom stereocenters. The normalized spacial score (nSPS) is 11.9. The van der Waals surface area contributed by atoms with Crippen LogP contribution in [0.4, 0.5) is 5.69 Å². The average Bonchev–Trinajstić information content (AvgIpc) is 2.27. The summed E-state index contributed by atoms with van der Waals surface area (Å²) < 4.78 is 0. The number of carbonyl (C=O) groups is 2. The number of rotatable bonds is 7. The Kier molecular flexibility index (Phi) is 6.73. The van der Waals surface area contributed by atoms with Crippen LogP contribution in [0.25, 0.3) is 0 Å². The fourth-order valence-corrected chi connectivity index (χ4v) is 2.60. The minimum Gasteiger partial charge on any atom is -0.481 e. The van der Waals surface area contributed by atoms with Crippen LogP contribution in [0.5, 0.6) is 0 Å². The maximum atomic E-state index is 11.6. The SMILES string of the molecule is CC(CC(=O)O)SCCC(=O)Nc1cccc(Cl)c1. The van der Waals surface area contributed by atoms with Gasteiger partial charge < -0.3 is 10.4 Å². The summed E-state index contributed by atoms with van der Waals surface area (Å²) in [6.07, 6.45) is 0.460. The molecule has 0 radical (unpaired) electrons. The highest BCUT2D eigenvalue weighted by Gasteiger charge is 2.09. The number of carboxylic acids is 1. The lowest BCUT2D eigenvalue weighted by atomic mass is 10.3. The molecule has 19 heavy (non-hydrogen) atoms. The lowest BCUT2D eigenvalue weighted by Gasteiger charge is -2.08. The molecular weight excluding hydrogens is 286 g/mol. The number of thioether (sulfide) groups is 1. The number of halogens is 1. The minimum atomic E-state index is -0.816. The molecular formula is C13H16ClNO3S. The summed E-state index contributed by atoms with van der Waals surface area (Å²) in [6.45, 7) is 1.84. The molecule has 104 valence electrons. The smallest absolute Gasteiger partial charge is 0.304 e. The van der Waals surface area contributed by atoms with Crippen molar-refractivity contribution in [2.45, 2.75) is 25.0 Å².